The number of hydrogen-bond acceptors (Lipinski definition) is 1. The molecule has 0 aliphatic heterocycles. The molecule has 0 heterocycles. The highest BCUT2D eigenvalue weighted by molar-refractivity contribution is 5.29. The van der Waals surface area contributed by atoms with E-state index >= 15 is 0 Å². The van der Waals surface area contributed by atoms with E-state index < -0.39 is 6.61 Å². The Morgan fingerprint density at radius 1 is 0.700 bits per heavy atom. The lowest BCUT2D eigenvalue weighted by molar-refractivity contribution is -0.0498. The average Bonchev–Trinajstić information content (AvgIpc) is 3.28. The van der Waals surface area contributed by atoms with Gasteiger partial charge in [-0.05, 0) is 85.8 Å². The van der Waals surface area contributed by atoms with Gasteiger partial charge in [0.1, 0.15) is 5.75 Å². The molecular formula is C27H40F2O. The smallest absolute Gasteiger partial charge is 0.387 e. The van der Waals surface area contributed by atoms with Gasteiger partial charge in [0.2, 0.25) is 0 Å². The molecule has 4 rings (SSSR count). The van der Waals surface area contributed by atoms with E-state index in [0.717, 1.165) is 23.7 Å². The van der Waals surface area contributed by atoms with Crippen LogP contribution in [0.3, 0.4) is 0 Å². The zero-order valence-corrected chi connectivity index (χ0v) is 18.5. The number of hydrogen-bond donors (Lipinski definition) is 0. The van der Waals surface area contributed by atoms with Gasteiger partial charge in [-0.2, -0.15) is 8.78 Å². The van der Waals surface area contributed by atoms with Crippen molar-refractivity contribution in [2.75, 3.05) is 0 Å². The number of alkyl halides is 2. The van der Waals surface area contributed by atoms with E-state index in [9.17, 15) is 8.78 Å². The SMILES string of the molecule is FC(F)Oc1ccc(C2CCC(C3CCC(CCCC4CCCC4)CC3)CC2)cc1. The van der Waals surface area contributed by atoms with Gasteiger partial charge in [0.15, 0.2) is 0 Å². The molecule has 3 aliphatic rings. The number of benzene rings is 1. The van der Waals surface area contributed by atoms with Crippen molar-refractivity contribution in [3.05, 3.63) is 29.8 Å². The maximum Gasteiger partial charge on any atom is 0.387 e. The molecule has 0 N–H and O–H groups in total. The van der Waals surface area contributed by atoms with Crippen LogP contribution < -0.4 is 4.74 Å². The van der Waals surface area contributed by atoms with Gasteiger partial charge in [-0.1, -0.05) is 69.9 Å². The van der Waals surface area contributed by atoms with Gasteiger partial charge in [-0.15, -0.1) is 0 Å². The standard InChI is InChI=1S/C27H40F2O/c28-27(29)30-26-18-16-25(17-19-26)24-14-12-23(13-15-24)22-10-8-21(9-11-22)7-3-6-20-4-1-2-5-20/h16-24,27H,1-15H2. The van der Waals surface area contributed by atoms with E-state index in [-0.39, 0.29) is 5.75 Å². The molecule has 0 unspecified atom stereocenters. The normalized spacial score (nSPS) is 30.6. The summed E-state index contributed by atoms with van der Waals surface area (Å²) >= 11 is 0. The van der Waals surface area contributed by atoms with Gasteiger partial charge in [0.25, 0.3) is 0 Å². The van der Waals surface area contributed by atoms with E-state index in [1.54, 1.807) is 12.1 Å². The first-order chi connectivity index (χ1) is 14.7. The summed E-state index contributed by atoms with van der Waals surface area (Å²) in [5.41, 5.74) is 1.29. The summed E-state index contributed by atoms with van der Waals surface area (Å²) in [4.78, 5) is 0. The van der Waals surface area contributed by atoms with Gasteiger partial charge < -0.3 is 4.74 Å². The van der Waals surface area contributed by atoms with Gasteiger partial charge in [-0.3, -0.25) is 0 Å². The molecule has 0 aromatic heterocycles. The minimum Gasteiger partial charge on any atom is -0.435 e. The van der Waals surface area contributed by atoms with Crippen LogP contribution in [0.5, 0.6) is 5.75 Å². The van der Waals surface area contributed by atoms with E-state index in [1.807, 2.05) is 12.1 Å². The molecule has 1 aromatic rings. The number of halogens is 2. The maximum absolute atomic E-state index is 12.3. The monoisotopic (exact) mass is 418 g/mol. The molecule has 168 valence electrons. The Morgan fingerprint density at radius 3 is 1.80 bits per heavy atom. The van der Waals surface area contributed by atoms with Gasteiger partial charge in [0, 0.05) is 0 Å². The van der Waals surface area contributed by atoms with Crippen molar-refractivity contribution in [2.24, 2.45) is 23.7 Å². The molecule has 0 amide bonds. The topological polar surface area (TPSA) is 9.23 Å². The van der Waals surface area contributed by atoms with Crippen LogP contribution in [0.15, 0.2) is 24.3 Å². The Balaban J connectivity index is 1.14. The Kier molecular flexibility index (Phi) is 8.07. The Bertz CT molecular complexity index is 606. The van der Waals surface area contributed by atoms with Crippen molar-refractivity contribution in [3.63, 3.8) is 0 Å². The summed E-state index contributed by atoms with van der Waals surface area (Å²) in [6, 6.07) is 7.36. The second kappa shape index (κ2) is 11.0. The van der Waals surface area contributed by atoms with Crippen LogP contribution in [0.1, 0.15) is 108 Å². The minimum absolute atomic E-state index is 0.266. The molecule has 3 heteroatoms. The lowest BCUT2D eigenvalue weighted by atomic mass is 9.68. The predicted octanol–water partition coefficient (Wildman–Crippen LogP) is 8.73. The van der Waals surface area contributed by atoms with Crippen LogP contribution in [-0.2, 0) is 0 Å². The molecule has 3 fully saturated rings. The summed E-state index contributed by atoms with van der Waals surface area (Å²) in [5, 5.41) is 0. The maximum atomic E-state index is 12.3. The van der Waals surface area contributed by atoms with E-state index in [2.05, 4.69) is 4.74 Å². The summed E-state index contributed by atoms with van der Waals surface area (Å²) in [6.07, 6.45) is 21.5. The third kappa shape index (κ3) is 6.20. The van der Waals surface area contributed by atoms with E-state index in [1.165, 1.54) is 102 Å². The molecule has 1 aromatic carbocycles. The van der Waals surface area contributed by atoms with Crippen LogP contribution in [-0.4, -0.2) is 6.61 Å². The molecule has 0 atom stereocenters. The summed E-state index contributed by atoms with van der Waals surface area (Å²) < 4.78 is 29.1. The van der Waals surface area contributed by atoms with E-state index in [0.29, 0.717) is 5.92 Å². The zero-order chi connectivity index (χ0) is 20.8. The molecule has 0 radical (unpaired) electrons. The largest absolute Gasteiger partial charge is 0.435 e. The summed E-state index contributed by atoms with van der Waals surface area (Å²) in [5.74, 6) is 4.80. The predicted molar refractivity (Wildman–Crippen MR) is 119 cm³/mol. The second-order valence-electron chi connectivity index (χ2n) is 10.4. The highest BCUT2D eigenvalue weighted by Gasteiger charge is 2.31. The van der Waals surface area contributed by atoms with Crippen molar-refractivity contribution in [1.82, 2.24) is 0 Å². The molecule has 3 saturated carbocycles. The lowest BCUT2D eigenvalue weighted by Gasteiger charge is -2.38. The number of ether oxygens (including phenoxy) is 1. The van der Waals surface area contributed by atoms with Crippen LogP contribution in [0.4, 0.5) is 8.78 Å². The summed E-state index contributed by atoms with van der Waals surface area (Å²) in [6.45, 7) is -2.74. The highest BCUT2D eigenvalue weighted by Crippen LogP contribution is 2.45. The van der Waals surface area contributed by atoms with E-state index in [4.69, 9.17) is 0 Å². The first-order valence-corrected chi connectivity index (χ1v) is 12.7. The quantitative estimate of drug-likeness (QED) is 0.410. The molecule has 0 saturated heterocycles. The molecule has 0 bridgehead atoms. The third-order valence-corrected chi connectivity index (χ3v) is 8.61. The fourth-order valence-electron chi connectivity index (χ4n) is 6.79. The molecule has 30 heavy (non-hydrogen) atoms. The van der Waals surface area contributed by atoms with Gasteiger partial charge >= 0.3 is 6.61 Å². The summed E-state index contributed by atoms with van der Waals surface area (Å²) in [7, 11) is 0. The lowest BCUT2D eigenvalue weighted by Crippen LogP contribution is -2.25. The Morgan fingerprint density at radius 2 is 1.23 bits per heavy atom. The van der Waals surface area contributed by atoms with Crippen LogP contribution in [0.25, 0.3) is 0 Å². The van der Waals surface area contributed by atoms with Crippen LogP contribution in [0, 0.1) is 23.7 Å². The molecule has 3 aliphatic carbocycles. The number of rotatable bonds is 8. The molecule has 0 spiro atoms. The minimum atomic E-state index is -2.74. The Hall–Kier alpha value is -1.12. The van der Waals surface area contributed by atoms with Crippen molar-refractivity contribution in [2.45, 2.75) is 109 Å². The van der Waals surface area contributed by atoms with Gasteiger partial charge in [-0.25, -0.2) is 0 Å². The fraction of sp³-hybridized carbons (Fsp3) is 0.778. The zero-order valence-electron chi connectivity index (χ0n) is 18.5. The van der Waals surface area contributed by atoms with Gasteiger partial charge in [0.05, 0.1) is 0 Å². The average molecular weight is 419 g/mol. The third-order valence-electron chi connectivity index (χ3n) is 8.61. The molecule has 1 nitrogen and oxygen atoms in total. The first kappa shape index (κ1) is 22.1. The van der Waals surface area contributed by atoms with Crippen molar-refractivity contribution >= 4 is 0 Å². The van der Waals surface area contributed by atoms with Crippen LogP contribution in [0.2, 0.25) is 0 Å². The first-order valence-electron chi connectivity index (χ1n) is 12.7. The second-order valence-corrected chi connectivity index (χ2v) is 10.4. The van der Waals surface area contributed by atoms with Crippen molar-refractivity contribution in [1.29, 1.82) is 0 Å². The Labute approximate surface area is 182 Å². The van der Waals surface area contributed by atoms with Crippen molar-refractivity contribution in [3.8, 4) is 5.75 Å². The molecular weight excluding hydrogens is 378 g/mol. The van der Waals surface area contributed by atoms with Crippen molar-refractivity contribution < 1.29 is 13.5 Å². The fourth-order valence-corrected chi connectivity index (χ4v) is 6.79. The van der Waals surface area contributed by atoms with Crippen LogP contribution >= 0.6 is 0 Å². The highest BCUT2D eigenvalue weighted by atomic mass is 19.3.